The molecule has 0 spiro atoms. The molecular weight excluding hydrogens is 233 g/mol. The van der Waals surface area contributed by atoms with Gasteiger partial charge in [0.2, 0.25) is 0 Å². The molecule has 0 saturated heterocycles. The second kappa shape index (κ2) is 5.89. The Kier molecular flexibility index (Phi) is 3.99. The lowest BCUT2D eigenvalue weighted by Crippen LogP contribution is -2.20. The topological polar surface area (TPSA) is 66.5 Å². The Hall–Kier alpha value is -2.26. The third-order valence-electron chi connectivity index (χ3n) is 2.50. The monoisotopic (exact) mass is 245 g/mol. The first-order valence-electron chi connectivity index (χ1n) is 5.53. The number of nitrogens with zero attached hydrogens (tertiary/aromatic N) is 4. The van der Waals surface area contributed by atoms with E-state index in [9.17, 15) is 4.39 Å². The van der Waals surface area contributed by atoms with Gasteiger partial charge in [0.1, 0.15) is 11.9 Å². The molecular formula is C12H12FN5. The third-order valence-corrected chi connectivity index (χ3v) is 2.50. The molecule has 1 aromatic heterocycles. The second-order valence-corrected chi connectivity index (χ2v) is 3.73. The van der Waals surface area contributed by atoms with Crippen LogP contribution in [0.4, 0.5) is 4.39 Å². The van der Waals surface area contributed by atoms with Gasteiger partial charge in [0.15, 0.2) is 0 Å². The van der Waals surface area contributed by atoms with Crippen LogP contribution in [-0.2, 0) is 13.1 Å². The fourth-order valence-electron chi connectivity index (χ4n) is 1.57. The first-order valence-corrected chi connectivity index (χ1v) is 5.53. The third kappa shape index (κ3) is 2.90. The Labute approximate surface area is 104 Å². The SMILES string of the molecule is N#Cc1cccc(CNCCn2ccnn2)c1F. The maximum absolute atomic E-state index is 13.7. The maximum atomic E-state index is 13.7. The summed E-state index contributed by atoms with van der Waals surface area (Å²) in [6, 6.07) is 6.63. The summed E-state index contributed by atoms with van der Waals surface area (Å²) < 4.78 is 15.4. The van der Waals surface area contributed by atoms with E-state index in [1.165, 1.54) is 6.07 Å². The van der Waals surface area contributed by atoms with Gasteiger partial charge in [-0.3, -0.25) is 4.68 Å². The molecule has 0 atom stereocenters. The zero-order valence-corrected chi connectivity index (χ0v) is 9.67. The first kappa shape index (κ1) is 12.2. The van der Waals surface area contributed by atoms with Crippen LogP contribution in [0.3, 0.4) is 0 Å². The molecule has 5 nitrogen and oxygen atoms in total. The number of hydrogen-bond donors (Lipinski definition) is 1. The minimum atomic E-state index is -0.451. The Bertz CT molecular complexity index is 544. The second-order valence-electron chi connectivity index (χ2n) is 3.73. The molecule has 0 unspecified atom stereocenters. The van der Waals surface area contributed by atoms with Crippen LogP contribution in [0, 0.1) is 17.1 Å². The van der Waals surface area contributed by atoms with Crippen molar-refractivity contribution in [3.63, 3.8) is 0 Å². The highest BCUT2D eigenvalue weighted by Crippen LogP contribution is 2.11. The molecule has 0 bridgehead atoms. The predicted octanol–water partition coefficient (Wildman–Crippen LogP) is 1.08. The Morgan fingerprint density at radius 3 is 3.06 bits per heavy atom. The summed E-state index contributed by atoms with van der Waals surface area (Å²) in [6.07, 6.45) is 3.37. The largest absolute Gasteiger partial charge is 0.311 e. The quantitative estimate of drug-likeness (QED) is 0.800. The van der Waals surface area contributed by atoms with Crippen molar-refractivity contribution < 1.29 is 4.39 Å². The highest BCUT2D eigenvalue weighted by atomic mass is 19.1. The van der Waals surface area contributed by atoms with Gasteiger partial charge in [0.05, 0.1) is 18.3 Å². The van der Waals surface area contributed by atoms with Gasteiger partial charge in [-0.05, 0) is 6.07 Å². The average molecular weight is 245 g/mol. The van der Waals surface area contributed by atoms with E-state index in [4.69, 9.17) is 5.26 Å². The molecule has 0 fully saturated rings. The number of rotatable bonds is 5. The first-order chi connectivity index (χ1) is 8.81. The number of hydrogen-bond acceptors (Lipinski definition) is 4. The van der Waals surface area contributed by atoms with Crippen LogP contribution in [0.1, 0.15) is 11.1 Å². The maximum Gasteiger partial charge on any atom is 0.145 e. The van der Waals surface area contributed by atoms with Crippen molar-refractivity contribution >= 4 is 0 Å². The molecule has 92 valence electrons. The lowest BCUT2D eigenvalue weighted by Gasteiger charge is -2.06. The van der Waals surface area contributed by atoms with Crippen LogP contribution in [0.2, 0.25) is 0 Å². The Morgan fingerprint density at radius 2 is 2.33 bits per heavy atom. The van der Waals surface area contributed by atoms with E-state index in [0.717, 1.165) is 0 Å². The molecule has 0 saturated carbocycles. The molecule has 1 aromatic carbocycles. The Balaban J connectivity index is 1.85. The van der Waals surface area contributed by atoms with Gasteiger partial charge in [0.25, 0.3) is 0 Å². The summed E-state index contributed by atoms with van der Waals surface area (Å²) >= 11 is 0. The fraction of sp³-hybridized carbons (Fsp3) is 0.250. The summed E-state index contributed by atoms with van der Waals surface area (Å²) in [6.45, 7) is 1.70. The molecule has 0 aliphatic heterocycles. The van der Waals surface area contributed by atoms with Crippen LogP contribution in [0.5, 0.6) is 0 Å². The van der Waals surface area contributed by atoms with Crippen molar-refractivity contribution in [2.45, 2.75) is 13.1 Å². The van der Waals surface area contributed by atoms with E-state index in [0.29, 0.717) is 25.2 Å². The number of nitriles is 1. The molecule has 1 N–H and O–H groups in total. The van der Waals surface area contributed by atoms with Gasteiger partial charge in [-0.2, -0.15) is 5.26 Å². The zero-order chi connectivity index (χ0) is 12.8. The number of halogens is 1. The number of aromatic nitrogens is 3. The van der Waals surface area contributed by atoms with Crippen LogP contribution < -0.4 is 5.32 Å². The molecule has 2 aromatic rings. The highest BCUT2D eigenvalue weighted by molar-refractivity contribution is 5.34. The van der Waals surface area contributed by atoms with E-state index in [-0.39, 0.29) is 5.56 Å². The van der Waals surface area contributed by atoms with E-state index in [2.05, 4.69) is 15.6 Å². The molecule has 18 heavy (non-hydrogen) atoms. The molecule has 2 rings (SSSR count). The predicted molar refractivity (Wildman–Crippen MR) is 62.8 cm³/mol. The van der Waals surface area contributed by atoms with E-state index < -0.39 is 5.82 Å². The lowest BCUT2D eigenvalue weighted by atomic mass is 10.1. The smallest absolute Gasteiger partial charge is 0.145 e. The molecule has 0 aliphatic rings. The molecule has 1 heterocycles. The molecule has 0 amide bonds. The molecule has 6 heteroatoms. The standard InChI is InChI=1S/C12H12FN5/c13-12-10(8-14)2-1-3-11(12)9-15-4-6-18-7-5-16-17-18/h1-3,5,7,15H,4,6,9H2. The van der Waals surface area contributed by atoms with Gasteiger partial charge >= 0.3 is 0 Å². The highest BCUT2D eigenvalue weighted by Gasteiger charge is 2.06. The van der Waals surface area contributed by atoms with Crippen molar-refractivity contribution in [3.05, 3.63) is 47.5 Å². The van der Waals surface area contributed by atoms with Gasteiger partial charge in [-0.15, -0.1) is 5.10 Å². The number of benzene rings is 1. The van der Waals surface area contributed by atoms with E-state index >= 15 is 0 Å². The zero-order valence-electron chi connectivity index (χ0n) is 9.67. The number of nitrogens with one attached hydrogen (secondary N) is 1. The van der Waals surface area contributed by atoms with Crippen molar-refractivity contribution in [2.24, 2.45) is 0 Å². The van der Waals surface area contributed by atoms with Crippen LogP contribution >= 0.6 is 0 Å². The summed E-state index contributed by atoms with van der Waals surface area (Å²) in [5.41, 5.74) is 0.568. The summed E-state index contributed by atoms with van der Waals surface area (Å²) in [5.74, 6) is -0.451. The Morgan fingerprint density at radius 1 is 1.44 bits per heavy atom. The van der Waals surface area contributed by atoms with E-state index in [1.807, 2.05) is 6.07 Å². The lowest BCUT2D eigenvalue weighted by molar-refractivity contribution is 0.529. The molecule has 0 aliphatic carbocycles. The van der Waals surface area contributed by atoms with Gasteiger partial charge in [-0.25, -0.2) is 4.39 Å². The normalized spacial score (nSPS) is 10.2. The van der Waals surface area contributed by atoms with E-state index in [1.54, 1.807) is 29.2 Å². The fourth-order valence-corrected chi connectivity index (χ4v) is 1.57. The average Bonchev–Trinajstić information content (AvgIpc) is 2.89. The van der Waals surface area contributed by atoms with Crippen LogP contribution in [0.15, 0.2) is 30.6 Å². The van der Waals surface area contributed by atoms with Crippen LogP contribution in [-0.4, -0.2) is 21.5 Å². The molecule has 0 radical (unpaired) electrons. The van der Waals surface area contributed by atoms with Crippen molar-refractivity contribution in [1.29, 1.82) is 5.26 Å². The minimum absolute atomic E-state index is 0.0746. The van der Waals surface area contributed by atoms with Crippen LogP contribution in [0.25, 0.3) is 0 Å². The summed E-state index contributed by atoms with van der Waals surface area (Å²) in [4.78, 5) is 0. The van der Waals surface area contributed by atoms with Gasteiger partial charge in [-0.1, -0.05) is 17.3 Å². The van der Waals surface area contributed by atoms with Gasteiger partial charge in [0, 0.05) is 24.8 Å². The van der Waals surface area contributed by atoms with Crippen molar-refractivity contribution in [3.8, 4) is 6.07 Å². The summed E-state index contributed by atoms with van der Waals surface area (Å²) in [7, 11) is 0. The van der Waals surface area contributed by atoms with Crippen molar-refractivity contribution in [2.75, 3.05) is 6.54 Å². The minimum Gasteiger partial charge on any atom is -0.311 e. The van der Waals surface area contributed by atoms with Crippen molar-refractivity contribution in [1.82, 2.24) is 20.3 Å². The summed E-state index contributed by atoms with van der Waals surface area (Å²) in [5, 5.41) is 19.3. The van der Waals surface area contributed by atoms with Gasteiger partial charge < -0.3 is 5.32 Å².